The number of nitrogens with two attached hydrogens (primary N) is 1. The van der Waals surface area contributed by atoms with Crippen LogP contribution in [0.2, 0.25) is 0 Å². The Balaban J connectivity index is 2.26. The van der Waals surface area contributed by atoms with E-state index in [9.17, 15) is 14.7 Å². The van der Waals surface area contributed by atoms with Crippen molar-refractivity contribution in [3.63, 3.8) is 0 Å². The summed E-state index contributed by atoms with van der Waals surface area (Å²) in [5, 5.41) is 12.4. The molecule has 5 nitrogen and oxygen atoms in total. The summed E-state index contributed by atoms with van der Waals surface area (Å²) in [7, 11) is 0. The van der Waals surface area contributed by atoms with Crippen LogP contribution in [0.15, 0.2) is 18.2 Å². The molecule has 0 aliphatic heterocycles. The molecule has 0 spiro atoms. The number of primary amides is 1. The van der Waals surface area contributed by atoms with E-state index >= 15 is 0 Å². The van der Waals surface area contributed by atoms with Crippen LogP contribution >= 0.6 is 0 Å². The number of nitrogens with one attached hydrogen (secondary N) is 1. The molecule has 0 unspecified atom stereocenters. The van der Waals surface area contributed by atoms with Crippen LogP contribution in [-0.2, 0) is 4.79 Å². The van der Waals surface area contributed by atoms with E-state index < -0.39 is 11.4 Å². The Morgan fingerprint density at radius 3 is 2.38 bits per heavy atom. The van der Waals surface area contributed by atoms with Gasteiger partial charge in [0.05, 0.1) is 0 Å². The minimum Gasteiger partial charge on any atom is -0.508 e. The molecule has 5 heteroatoms. The van der Waals surface area contributed by atoms with E-state index in [1.807, 2.05) is 0 Å². The Kier molecular flexibility index (Phi) is 4.50. The van der Waals surface area contributed by atoms with Crippen LogP contribution in [-0.4, -0.2) is 22.5 Å². The lowest BCUT2D eigenvalue weighted by atomic mass is 9.88. The van der Waals surface area contributed by atoms with Crippen molar-refractivity contribution in [2.45, 2.75) is 51.0 Å². The first-order valence-electron chi connectivity index (χ1n) is 7.37. The van der Waals surface area contributed by atoms with Crippen LogP contribution in [0, 0.1) is 6.92 Å². The monoisotopic (exact) mass is 290 g/mol. The Bertz CT molecular complexity index is 546. The molecule has 2 amide bonds. The molecule has 21 heavy (non-hydrogen) atoms. The van der Waals surface area contributed by atoms with Crippen molar-refractivity contribution in [1.29, 1.82) is 0 Å². The van der Waals surface area contributed by atoms with Gasteiger partial charge in [0.15, 0.2) is 0 Å². The van der Waals surface area contributed by atoms with Gasteiger partial charge in [0.2, 0.25) is 5.91 Å². The van der Waals surface area contributed by atoms with Crippen molar-refractivity contribution in [1.82, 2.24) is 5.32 Å². The molecule has 0 heterocycles. The molecular weight excluding hydrogens is 268 g/mol. The third-order valence-corrected chi connectivity index (χ3v) is 4.25. The second-order valence-electron chi connectivity index (χ2n) is 5.81. The van der Waals surface area contributed by atoms with E-state index in [0.717, 1.165) is 31.2 Å². The second-order valence-corrected chi connectivity index (χ2v) is 5.81. The summed E-state index contributed by atoms with van der Waals surface area (Å²) in [4.78, 5) is 24.4. The Hall–Kier alpha value is -2.04. The lowest BCUT2D eigenvalue weighted by molar-refractivity contribution is -0.124. The van der Waals surface area contributed by atoms with E-state index in [-0.39, 0.29) is 11.7 Å². The van der Waals surface area contributed by atoms with Crippen molar-refractivity contribution in [3.05, 3.63) is 29.3 Å². The van der Waals surface area contributed by atoms with Gasteiger partial charge in [-0.05, 0) is 37.5 Å². The zero-order chi connectivity index (χ0) is 15.5. The van der Waals surface area contributed by atoms with E-state index in [4.69, 9.17) is 5.73 Å². The SMILES string of the molecule is Cc1ccc(O)cc1C(=O)NC1(C(N)=O)CCCCCC1. The van der Waals surface area contributed by atoms with Crippen molar-refractivity contribution in [3.8, 4) is 5.75 Å². The lowest BCUT2D eigenvalue weighted by Crippen LogP contribution is -2.57. The molecular formula is C16H22N2O3. The fourth-order valence-electron chi connectivity index (χ4n) is 2.90. The Morgan fingerprint density at radius 1 is 1.19 bits per heavy atom. The largest absolute Gasteiger partial charge is 0.508 e. The van der Waals surface area contributed by atoms with Gasteiger partial charge < -0.3 is 16.2 Å². The number of hydrogen-bond acceptors (Lipinski definition) is 3. The summed E-state index contributed by atoms with van der Waals surface area (Å²) >= 11 is 0. The lowest BCUT2D eigenvalue weighted by Gasteiger charge is -2.30. The number of rotatable bonds is 3. The zero-order valence-corrected chi connectivity index (χ0v) is 12.3. The van der Waals surface area contributed by atoms with Crippen molar-refractivity contribution < 1.29 is 14.7 Å². The highest BCUT2D eigenvalue weighted by molar-refractivity contribution is 6.00. The smallest absolute Gasteiger partial charge is 0.252 e. The second kappa shape index (κ2) is 6.16. The number of amides is 2. The summed E-state index contributed by atoms with van der Waals surface area (Å²) in [6.45, 7) is 1.79. The third kappa shape index (κ3) is 3.35. The minimum atomic E-state index is -0.967. The zero-order valence-electron chi connectivity index (χ0n) is 12.3. The first-order valence-corrected chi connectivity index (χ1v) is 7.37. The number of carbonyl (C=O) groups is 2. The van der Waals surface area contributed by atoms with Crippen molar-refractivity contribution >= 4 is 11.8 Å². The summed E-state index contributed by atoms with van der Waals surface area (Å²) in [6, 6.07) is 4.62. The predicted octanol–water partition coefficient (Wildman–Crippen LogP) is 2.01. The van der Waals surface area contributed by atoms with Crippen LogP contribution in [0.4, 0.5) is 0 Å². The van der Waals surface area contributed by atoms with E-state index in [2.05, 4.69) is 5.32 Å². The van der Waals surface area contributed by atoms with Gasteiger partial charge in [-0.1, -0.05) is 31.7 Å². The van der Waals surface area contributed by atoms with Gasteiger partial charge in [0, 0.05) is 5.56 Å². The van der Waals surface area contributed by atoms with Gasteiger partial charge >= 0.3 is 0 Å². The number of benzene rings is 1. The molecule has 1 aliphatic carbocycles. The van der Waals surface area contributed by atoms with Gasteiger partial charge in [-0.3, -0.25) is 9.59 Å². The maximum absolute atomic E-state index is 12.5. The topological polar surface area (TPSA) is 92.4 Å². The van der Waals surface area contributed by atoms with Crippen LogP contribution in [0.3, 0.4) is 0 Å². The molecule has 0 aromatic heterocycles. The van der Waals surface area contributed by atoms with Crippen molar-refractivity contribution in [2.75, 3.05) is 0 Å². The van der Waals surface area contributed by atoms with E-state index in [1.54, 1.807) is 13.0 Å². The number of phenols is 1. The molecule has 0 radical (unpaired) electrons. The fraction of sp³-hybridized carbons (Fsp3) is 0.500. The van der Waals surface area contributed by atoms with Crippen LogP contribution in [0.25, 0.3) is 0 Å². The number of carbonyl (C=O) groups excluding carboxylic acids is 2. The van der Waals surface area contributed by atoms with Crippen LogP contribution in [0.5, 0.6) is 5.75 Å². The number of aryl methyl sites for hydroxylation is 1. The molecule has 1 saturated carbocycles. The average Bonchev–Trinajstić information content (AvgIpc) is 2.68. The molecule has 0 bridgehead atoms. The number of aromatic hydroxyl groups is 1. The molecule has 0 saturated heterocycles. The Labute approximate surface area is 124 Å². The molecule has 2 rings (SSSR count). The highest BCUT2D eigenvalue weighted by Crippen LogP contribution is 2.28. The minimum absolute atomic E-state index is 0.0275. The average molecular weight is 290 g/mol. The van der Waals surface area contributed by atoms with E-state index in [0.29, 0.717) is 18.4 Å². The van der Waals surface area contributed by atoms with E-state index in [1.165, 1.54) is 12.1 Å². The predicted molar refractivity (Wildman–Crippen MR) is 79.9 cm³/mol. The first-order chi connectivity index (χ1) is 9.94. The maximum atomic E-state index is 12.5. The highest BCUT2D eigenvalue weighted by Gasteiger charge is 2.38. The standard InChI is InChI=1S/C16H22N2O3/c1-11-6-7-12(19)10-13(11)14(20)18-16(15(17)21)8-4-2-3-5-9-16/h6-7,10,19H,2-5,8-9H2,1H3,(H2,17,21)(H,18,20). The van der Waals surface area contributed by atoms with Gasteiger partial charge in [-0.25, -0.2) is 0 Å². The molecule has 1 aromatic carbocycles. The molecule has 0 atom stereocenters. The highest BCUT2D eigenvalue weighted by atomic mass is 16.3. The van der Waals surface area contributed by atoms with Crippen molar-refractivity contribution in [2.24, 2.45) is 5.73 Å². The molecule has 114 valence electrons. The fourth-order valence-corrected chi connectivity index (χ4v) is 2.90. The molecule has 1 aromatic rings. The van der Waals surface area contributed by atoms with Gasteiger partial charge in [0.1, 0.15) is 11.3 Å². The van der Waals surface area contributed by atoms with Crippen LogP contribution < -0.4 is 11.1 Å². The molecule has 1 fully saturated rings. The van der Waals surface area contributed by atoms with Crippen LogP contribution in [0.1, 0.15) is 54.4 Å². The number of phenolic OH excluding ortho intramolecular Hbond substituents is 1. The summed E-state index contributed by atoms with van der Waals surface area (Å²) < 4.78 is 0. The summed E-state index contributed by atoms with van der Waals surface area (Å²) in [5.41, 5.74) is 5.72. The maximum Gasteiger partial charge on any atom is 0.252 e. The number of hydrogen-bond donors (Lipinski definition) is 3. The van der Waals surface area contributed by atoms with Gasteiger partial charge in [0.25, 0.3) is 5.91 Å². The summed E-state index contributed by atoms with van der Waals surface area (Å²) in [5.74, 6) is -0.806. The molecule has 1 aliphatic rings. The normalized spacial score (nSPS) is 17.8. The quantitative estimate of drug-likeness (QED) is 0.743. The molecule has 4 N–H and O–H groups in total. The Morgan fingerprint density at radius 2 is 1.81 bits per heavy atom. The first kappa shape index (κ1) is 15.4. The van der Waals surface area contributed by atoms with Gasteiger partial charge in [-0.15, -0.1) is 0 Å². The third-order valence-electron chi connectivity index (χ3n) is 4.25. The summed E-state index contributed by atoms with van der Waals surface area (Å²) in [6.07, 6.45) is 5.01. The van der Waals surface area contributed by atoms with Gasteiger partial charge in [-0.2, -0.15) is 0 Å².